The maximum absolute atomic E-state index is 8.93. The van der Waals surface area contributed by atoms with Crippen LogP contribution in [0.3, 0.4) is 0 Å². The van der Waals surface area contributed by atoms with E-state index in [-0.39, 0.29) is 13.2 Å². The van der Waals surface area contributed by atoms with E-state index in [1.165, 1.54) is 38.5 Å². The first kappa shape index (κ1) is 15.9. The summed E-state index contributed by atoms with van der Waals surface area (Å²) in [4.78, 5) is 2.17. The second-order valence-corrected chi connectivity index (χ2v) is 4.54. The summed E-state index contributed by atoms with van der Waals surface area (Å²) in [5.74, 6) is 0. The van der Waals surface area contributed by atoms with Crippen molar-refractivity contribution in [3.63, 3.8) is 0 Å². The van der Waals surface area contributed by atoms with Crippen molar-refractivity contribution in [2.45, 2.75) is 58.4 Å². The van der Waals surface area contributed by atoms with Gasteiger partial charge in [0.05, 0.1) is 13.2 Å². The zero-order valence-corrected chi connectivity index (χ0v) is 11.0. The van der Waals surface area contributed by atoms with Gasteiger partial charge in [-0.2, -0.15) is 0 Å². The molecule has 0 rings (SSSR count). The molecule has 1 unspecified atom stereocenters. The van der Waals surface area contributed by atoms with Gasteiger partial charge in [-0.1, -0.05) is 39.0 Å². The van der Waals surface area contributed by atoms with E-state index in [2.05, 4.69) is 18.7 Å². The third-order valence-electron chi connectivity index (χ3n) is 3.12. The summed E-state index contributed by atoms with van der Waals surface area (Å²) < 4.78 is 0. The Hall–Kier alpha value is -0.120. The standard InChI is InChI=1S/C13H29NO2/c1-3-4-5-6-7-8-13(2)14(9-11-15)10-12-16/h13,15-16H,3-12H2,1-2H3. The Morgan fingerprint density at radius 1 is 0.938 bits per heavy atom. The Labute approximate surface area is 100 Å². The van der Waals surface area contributed by atoms with Crippen molar-refractivity contribution in [3.8, 4) is 0 Å². The smallest absolute Gasteiger partial charge is 0.0558 e. The van der Waals surface area contributed by atoms with E-state index in [0.29, 0.717) is 19.1 Å². The first-order valence-electron chi connectivity index (χ1n) is 6.72. The molecule has 0 aliphatic carbocycles. The predicted octanol–water partition coefficient (Wildman–Crippen LogP) is 2.02. The highest BCUT2D eigenvalue weighted by Crippen LogP contribution is 2.11. The third kappa shape index (κ3) is 8.08. The van der Waals surface area contributed by atoms with Crippen LogP contribution in [0.5, 0.6) is 0 Å². The number of aliphatic hydroxyl groups is 2. The van der Waals surface area contributed by atoms with Gasteiger partial charge in [-0.15, -0.1) is 0 Å². The summed E-state index contributed by atoms with van der Waals surface area (Å²) >= 11 is 0. The van der Waals surface area contributed by atoms with E-state index in [1.54, 1.807) is 0 Å². The van der Waals surface area contributed by atoms with Crippen molar-refractivity contribution < 1.29 is 10.2 Å². The van der Waals surface area contributed by atoms with Crippen molar-refractivity contribution in [1.29, 1.82) is 0 Å². The normalized spacial score (nSPS) is 13.3. The summed E-state index contributed by atoms with van der Waals surface area (Å²) in [7, 11) is 0. The molecule has 0 saturated heterocycles. The molecule has 0 aromatic carbocycles. The average Bonchev–Trinajstić information content (AvgIpc) is 2.28. The molecule has 0 aliphatic rings. The fourth-order valence-electron chi connectivity index (χ4n) is 2.04. The minimum atomic E-state index is 0.181. The van der Waals surface area contributed by atoms with Crippen LogP contribution in [0.15, 0.2) is 0 Å². The highest BCUT2D eigenvalue weighted by atomic mass is 16.3. The minimum Gasteiger partial charge on any atom is -0.395 e. The molecule has 0 aromatic rings. The van der Waals surface area contributed by atoms with Crippen LogP contribution in [-0.2, 0) is 0 Å². The Morgan fingerprint density at radius 3 is 2.00 bits per heavy atom. The lowest BCUT2D eigenvalue weighted by molar-refractivity contribution is 0.123. The number of aliphatic hydroxyl groups excluding tert-OH is 2. The molecule has 0 aromatic heterocycles. The van der Waals surface area contributed by atoms with Crippen LogP contribution in [-0.4, -0.2) is 47.5 Å². The van der Waals surface area contributed by atoms with E-state index in [0.717, 1.165) is 0 Å². The molecule has 3 heteroatoms. The lowest BCUT2D eigenvalue weighted by Gasteiger charge is -2.27. The second kappa shape index (κ2) is 11.4. The molecule has 0 fully saturated rings. The van der Waals surface area contributed by atoms with Crippen molar-refractivity contribution >= 4 is 0 Å². The van der Waals surface area contributed by atoms with Crippen LogP contribution >= 0.6 is 0 Å². The molecule has 0 aliphatic heterocycles. The Morgan fingerprint density at radius 2 is 1.50 bits per heavy atom. The second-order valence-electron chi connectivity index (χ2n) is 4.54. The highest BCUT2D eigenvalue weighted by Gasteiger charge is 2.11. The molecular weight excluding hydrogens is 202 g/mol. The van der Waals surface area contributed by atoms with Crippen molar-refractivity contribution in [3.05, 3.63) is 0 Å². The highest BCUT2D eigenvalue weighted by molar-refractivity contribution is 4.66. The van der Waals surface area contributed by atoms with Crippen LogP contribution in [0.1, 0.15) is 52.4 Å². The Bertz CT molecular complexity index is 136. The van der Waals surface area contributed by atoms with Gasteiger partial charge in [0.2, 0.25) is 0 Å². The summed E-state index contributed by atoms with van der Waals surface area (Å²) in [6.45, 7) is 6.13. The van der Waals surface area contributed by atoms with Crippen LogP contribution in [0.25, 0.3) is 0 Å². The molecule has 1 atom stereocenters. The third-order valence-corrected chi connectivity index (χ3v) is 3.12. The average molecular weight is 231 g/mol. The van der Waals surface area contributed by atoms with Crippen molar-refractivity contribution in [2.24, 2.45) is 0 Å². The molecule has 3 nitrogen and oxygen atoms in total. The summed E-state index contributed by atoms with van der Waals surface area (Å²) in [6, 6.07) is 0.473. The summed E-state index contributed by atoms with van der Waals surface area (Å²) in [5, 5.41) is 17.9. The summed E-state index contributed by atoms with van der Waals surface area (Å²) in [5.41, 5.74) is 0. The molecular formula is C13H29NO2. The van der Waals surface area contributed by atoms with Crippen LogP contribution in [0, 0.1) is 0 Å². The van der Waals surface area contributed by atoms with Crippen LogP contribution < -0.4 is 0 Å². The zero-order chi connectivity index (χ0) is 12.2. The predicted molar refractivity (Wildman–Crippen MR) is 68.6 cm³/mol. The van der Waals surface area contributed by atoms with Crippen LogP contribution in [0.4, 0.5) is 0 Å². The molecule has 0 bridgehead atoms. The quantitative estimate of drug-likeness (QED) is 0.535. The maximum Gasteiger partial charge on any atom is 0.0558 e. The monoisotopic (exact) mass is 231 g/mol. The number of nitrogens with zero attached hydrogens (tertiary/aromatic N) is 1. The number of hydrogen-bond donors (Lipinski definition) is 2. The van der Waals surface area contributed by atoms with Crippen molar-refractivity contribution in [2.75, 3.05) is 26.3 Å². The number of hydrogen-bond acceptors (Lipinski definition) is 3. The SMILES string of the molecule is CCCCCCCC(C)N(CCO)CCO. The number of unbranched alkanes of at least 4 members (excludes halogenated alkanes) is 4. The van der Waals surface area contributed by atoms with Gasteiger partial charge < -0.3 is 10.2 Å². The first-order valence-corrected chi connectivity index (χ1v) is 6.72. The van der Waals surface area contributed by atoms with Crippen molar-refractivity contribution in [1.82, 2.24) is 4.90 Å². The topological polar surface area (TPSA) is 43.7 Å². The molecule has 2 N–H and O–H groups in total. The zero-order valence-electron chi connectivity index (χ0n) is 11.0. The van der Waals surface area contributed by atoms with Gasteiger partial charge in [-0.25, -0.2) is 0 Å². The fourth-order valence-corrected chi connectivity index (χ4v) is 2.04. The molecule has 0 saturated carbocycles. The van der Waals surface area contributed by atoms with Gasteiger partial charge in [0.1, 0.15) is 0 Å². The maximum atomic E-state index is 8.93. The lowest BCUT2D eigenvalue weighted by Crippen LogP contribution is -2.37. The molecule has 0 heterocycles. The van der Waals surface area contributed by atoms with E-state index in [9.17, 15) is 0 Å². The Balaban J connectivity index is 3.60. The van der Waals surface area contributed by atoms with Gasteiger partial charge in [-0.3, -0.25) is 4.90 Å². The molecule has 0 spiro atoms. The van der Waals surface area contributed by atoms with Gasteiger partial charge in [-0.05, 0) is 13.3 Å². The minimum absolute atomic E-state index is 0.181. The molecule has 0 amide bonds. The lowest BCUT2D eigenvalue weighted by atomic mass is 10.1. The molecule has 16 heavy (non-hydrogen) atoms. The van der Waals surface area contributed by atoms with Gasteiger partial charge >= 0.3 is 0 Å². The van der Waals surface area contributed by atoms with Crippen LogP contribution in [0.2, 0.25) is 0 Å². The number of rotatable bonds is 11. The van der Waals surface area contributed by atoms with Gasteiger partial charge in [0.15, 0.2) is 0 Å². The Kier molecular flexibility index (Phi) is 11.3. The van der Waals surface area contributed by atoms with E-state index in [4.69, 9.17) is 10.2 Å². The largest absolute Gasteiger partial charge is 0.395 e. The molecule has 0 radical (unpaired) electrons. The van der Waals surface area contributed by atoms with Gasteiger partial charge in [0.25, 0.3) is 0 Å². The van der Waals surface area contributed by atoms with Gasteiger partial charge in [0, 0.05) is 19.1 Å². The summed E-state index contributed by atoms with van der Waals surface area (Å²) in [6.07, 6.45) is 7.70. The fraction of sp³-hybridized carbons (Fsp3) is 1.00. The molecule has 98 valence electrons. The van der Waals surface area contributed by atoms with E-state index in [1.807, 2.05) is 0 Å². The first-order chi connectivity index (χ1) is 7.76. The van der Waals surface area contributed by atoms with E-state index >= 15 is 0 Å². The van der Waals surface area contributed by atoms with E-state index < -0.39 is 0 Å².